The maximum Gasteiger partial charge on any atom is 0.122 e. The Labute approximate surface area is 119 Å². The van der Waals surface area contributed by atoms with E-state index in [1.807, 2.05) is 19.1 Å². The van der Waals surface area contributed by atoms with Gasteiger partial charge in [0.25, 0.3) is 0 Å². The van der Waals surface area contributed by atoms with Crippen molar-refractivity contribution >= 4 is 5.69 Å². The van der Waals surface area contributed by atoms with Crippen molar-refractivity contribution in [2.45, 2.75) is 26.3 Å². The molecule has 0 saturated carbocycles. The zero-order valence-corrected chi connectivity index (χ0v) is 11.8. The Bertz CT molecular complexity index is 637. The van der Waals surface area contributed by atoms with Crippen LogP contribution < -0.4 is 10.1 Å². The lowest BCUT2D eigenvalue weighted by atomic mass is 10.0. The standard InChI is InChI=1S/C17H19NO2/c1-11-9-15(4-5-16(11)19)18-12(2)13-3-6-17-14(10-13)7-8-20-17/h3-6,9-10,12,18-19H,7-8H2,1-2H3. The van der Waals surface area contributed by atoms with E-state index in [9.17, 15) is 5.11 Å². The second kappa shape index (κ2) is 5.08. The Morgan fingerprint density at radius 1 is 1.20 bits per heavy atom. The van der Waals surface area contributed by atoms with Gasteiger partial charge in [-0.2, -0.15) is 0 Å². The molecule has 1 aliphatic rings. The first kappa shape index (κ1) is 12.9. The van der Waals surface area contributed by atoms with Crippen LogP contribution in [0.5, 0.6) is 11.5 Å². The summed E-state index contributed by atoms with van der Waals surface area (Å²) in [6.45, 7) is 4.83. The maximum absolute atomic E-state index is 9.56. The van der Waals surface area contributed by atoms with Crippen LogP contribution in [0.4, 0.5) is 5.69 Å². The average molecular weight is 269 g/mol. The van der Waals surface area contributed by atoms with Gasteiger partial charge in [0, 0.05) is 18.2 Å². The second-order valence-electron chi connectivity index (χ2n) is 5.33. The summed E-state index contributed by atoms with van der Waals surface area (Å²) in [5.41, 5.74) is 4.44. The largest absolute Gasteiger partial charge is 0.508 e. The molecule has 0 aromatic heterocycles. The quantitative estimate of drug-likeness (QED) is 0.833. The number of ether oxygens (including phenoxy) is 1. The van der Waals surface area contributed by atoms with Crippen molar-refractivity contribution in [1.29, 1.82) is 0 Å². The van der Waals surface area contributed by atoms with E-state index in [4.69, 9.17) is 4.74 Å². The zero-order valence-electron chi connectivity index (χ0n) is 11.8. The molecule has 0 bridgehead atoms. The molecule has 1 unspecified atom stereocenters. The van der Waals surface area contributed by atoms with Crippen molar-refractivity contribution in [3.63, 3.8) is 0 Å². The highest BCUT2D eigenvalue weighted by atomic mass is 16.5. The summed E-state index contributed by atoms with van der Waals surface area (Å²) >= 11 is 0. The Kier molecular flexibility index (Phi) is 3.26. The fourth-order valence-corrected chi connectivity index (χ4v) is 2.55. The lowest BCUT2D eigenvalue weighted by molar-refractivity contribution is 0.357. The third-order valence-corrected chi connectivity index (χ3v) is 3.79. The molecule has 2 aromatic rings. The van der Waals surface area contributed by atoms with E-state index in [0.29, 0.717) is 5.75 Å². The highest BCUT2D eigenvalue weighted by molar-refractivity contribution is 5.52. The number of phenols is 1. The molecule has 1 heterocycles. The Morgan fingerprint density at radius 2 is 2.05 bits per heavy atom. The first-order valence-corrected chi connectivity index (χ1v) is 6.95. The van der Waals surface area contributed by atoms with Crippen LogP contribution in [0.15, 0.2) is 36.4 Å². The fourth-order valence-electron chi connectivity index (χ4n) is 2.55. The Balaban J connectivity index is 1.78. The fraction of sp³-hybridized carbons (Fsp3) is 0.294. The number of nitrogens with one attached hydrogen (secondary N) is 1. The number of aryl methyl sites for hydroxylation is 1. The van der Waals surface area contributed by atoms with Gasteiger partial charge < -0.3 is 15.2 Å². The molecule has 20 heavy (non-hydrogen) atoms. The SMILES string of the molecule is Cc1cc(NC(C)c2ccc3c(c2)CCO3)ccc1O. The number of phenolic OH excluding ortho intramolecular Hbond substituents is 1. The van der Waals surface area contributed by atoms with Crippen molar-refractivity contribution in [1.82, 2.24) is 0 Å². The van der Waals surface area contributed by atoms with E-state index in [-0.39, 0.29) is 6.04 Å². The summed E-state index contributed by atoms with van der Waals surface area (Å²) in [5.74, 6) is 1.35. The monoisotopic (exact) mass is 269 g/mol. The molecule has 3 heteroatoms. The van der Waals surface area contributed by atoms with Crippen LogP contribution in [0, 0.1) is 6.92 Å². The lowest BCUT2D eigenvalue weighted by Crippen LogP contribution is -2.06. The van der Waals surface area contributed by atoms with Crippen LogP contribution in [-0.2, 0) is 6.42 Å². The Morgan fingerprint density at radius 3 is 2.85 bits per heavy atom. The van der Waals surface area contributed by atoms with E-state index in [0.717, 1.165) is 30.0 Å². The summed E-state index contributed by atoms with van der Waals surface area (Å²) in [6, 6.07) is 12.2. The van der Waals surface area contributed by atoms with Crippen LogP contribution in [-0.4, -0.2) is 11.7 Å². The minimum Gasteiger partial charge on any atom is -0.508 e. The van der Waals surface area contributed by atoms with Gasteiger partial charge in [-0.1, -0.05) is 6.07 Å². The minimum absolute atomic E-state index is 0.213. The summed E-state index contributed by atoms with van der Waals surface area (Å²) in [7, 11) is 0. The molecule has 0 saturated heterocycles. The van der Waals surface area contributed by atoms with Crippen LogP contribution in [0.2, 0.25) is 0 Å². The Hall–Kier alpha value is -2.16. The molecule has 0 radical (unpaired) electrons. The molecule has 1 atom stereocenters. The molecular weight excluding hydrogens is 250 g/mol. The van der Waals surface area contributed by atoms with Crippen molar-refractivity contribution < 1.29 is 9.84 Å². The summed E-state index contributed by atoms with van der Waals surface area (Å²) in [5, 5.41) is 13.0. The second-order valence-corrected chi connectivity index (χ2v) is 5.33. The van der Waals surface area contributed by atoms with Crippen LogP contribution in [0.25, 0.3) is 0 Å². The molecule has 2 N–H and O–H groups in total. The van der Waals surface area contributed by atoms with Crippen LogP contribution in [0.1, 0.15) is 29.7 Å². The predicted molar refractivity (Wildman–Crippen MR) is 80.5 cm³/mol. The van der Waals surface area contributed by atoms with Crippen LogP contribution >= 0.6 is 0 Å². The molecule has 0 spiro atoms. The van der Waals surface area contributed by atoms with E-state index in [1.165, 1.54) is 11.1 Å². The number of benzene rings is 2. The van der Waals surface area contributed by atoms with Crippen molar-refractivity contribution in [2.24, 2.45) is 0 Å². The summed E-state index contributed by atoms with van der Waals surface area (Å²) in [6.07, 6.45) is 0.994. The van der Waals surface area contributed by atoms with Crippen molar-refractivity contribution in [2.75, 3.05) is 11.9 Å². The summed E-state index contributed by atoms with van der Waals surface area (Å²) in [4.78, 5) is 0. The van der Waals surface area contributed by atoms with Crippen molar-refractivity contribution in [3.05, 3.63) is 53.1 Å². The highest BCUT2D eigenvalue weighted by Gasteiger charge is 2.14. The lowest BCUT2D eigenvalue weighted by Gasteiger charge is -2.17. The number of hydrogen-bond acceptors (Lipinski definition) is 3. The van der Waals surface area contributed by atoms with E-state index < -0.39 is 0 Å². The van der Waals surface area contributed by atoms with Crippen LogP contribution in [0.3, 0.4) is 0 Å². The minimum atomic E-state index is 0.213. The molecule has 104 valence electrons. The molecule has 3 nitrogen and oxygen atoms in total. The van der Waals surface area contributed by atoms with Gasteiger partial charge in [0.05, 0.1) is 6.61 Å². The van der Waals surface area contributed by atoms with Gasteiger partial charge in [-0.15, -0.1) is 0 Å². The number of rotatable bonds is 3. The number of hydrogen-bond donors (Lipinski definition) is 2. The molecular formula is C17H19NO2. The average Bonchev–Trinajstić information content (AvgIpc) is 2.90. The third-order valence-electron chi connectivity index (χ3n) is 3.79. The molecule has 0 aliphatic carbocycles. The van der Waals surface area contributed by atoms with Crippen molar-refractivity contribution in [3.8, 4) is 11.5 Å². The first-order chi connectivity index (χ1) is 9.63. The predicted octanol–water partition coefficient (Wildman–Crippen LogP) is 3.81. The third kappa shape index (κ3) is 2.44. The highest BCUT2D eigenvalue weighted by Crippen LogP contribution is 2.30. The number of anilines is 1. The van der Waals surface area contributed by atoms with Gasteiger partial charge >= 0.3 is 0 Å². The van der Waals surface area contributed by atoms with E-state index in [1.54, 1.807) is 6.07 Å². The van der Waals surface area contributed by atoms with Gasteiger partial charge in [-0.3, -0.25) is 0 Å². The zero-order chi connectivity index (χ0) is 14.1. The molecule has 0 amide bonds. The smallest absolute Gasteiger partial charge is 0.122 e. The van der Waals surface area contributed by atoms with E-state index >= 15 is 0 Å². The van der Waals surface area contributed by atoms with E-state index in [2.05, 4.69) is 30.4 Å². The first-order valence-electron chi connectivity index (χ1n) is 6.95. The molecule has 2 aromatic carbocycles. The molecule has 0 fully saturated rings. The van der Waals surface area contributed by atoms with Gasteiger partial charge in [-0.25, -0.2) is 0 Å². The molecule has 1 aliphatic heterocycles. The maximum atomic E-state index is 9.56. The number of fused-ring (bicyclic) bond motifs is 1. The van der Waals surface area contributed by atoms with Gasteiger partial charge in [0.15, 0.2) is 0 Å². The van der Waals surface area contributed by atoms with Gasteiger partial charge in [0.1, 0.15) is 11.5 Å². The summed E-state index contributed by atoms with van der Waals surface area (Å²) < 4.78 is 5.53. The normalized spacial score (nSPS) is 14.5. The topological polar surface area (TPSA) is 41.5 Å². The number of aromatic hydroxyl groups is 1. The van der Waals surface area contributed by atoms with Gasteiger partial charge in [0.2, 0.25) is 0 Å². The molecule has 3 rings (SSSR count). The van der Waals surface area contributed by atoms with Gasteiger partial charge in [-0.05, 0) is 60.9 Å².